The molecule has 3 rings (SSSR count). The molecule has 0 aliphatic heterocycles. The zero-order valence-electron chi connectivity index (χ0n) is 9.62. The van der Waals surface area contributed by atoms with Crippen molar-refractivity contribution in [1.82, 2.24) is 15.0 Å². The maximum Gasteiger partial charge on any atom is 0.140 e. The number of halogens is 1. The lowest BCUT2D eigenvalue weighted by Crippen LogP contribution is -2.01. The zero-order valence-corrected chi connectivity index (χ0v) is 11.2. The van der Waals surface area contributed by atoms with Crippen LogP contribution in [0.1, 0.15) is 16.6 Å². The highest BCUT2D eigenvalue weighted by atomic mass is 35.5. The maximum absolute atomic E-state index is 9.36. The summed E-state index contributed by atoms with van der Waals surface area (Å²) in [6.07, 6.45) is 1.36. The molecule has 0 saturated heterocycles. The van der Waals surface area contributed by atoms with Crippen LogP contribution < -0.4 is 0 Å². The van der Waals surface area contributed by atoms with Gasteiger partial charge in [-0.15, -0.1) is 11.3 Å². The Balaban J connectivity index is 2.10. The number of fused-ring (bicyclic) bond motifs is 1. The van der Waals surface area contributed by atoms with Crippen LogP contribution in [0.4, 0.5) is 0 Å². The molecule has 3 aromatic rings. The molecular weight excluding hydrogens is 280 g/mol. The highest BCUT2D eigenvalue weighted by Crippen LogP contribution is 2.30. The summed E-state index contributed by atoms with van der Waals surface area (Å²) >= 11 is 7.33. The Bertz CT molecular complexity index is 744. The van der Waals surface area contributed by atoms with Gasteiger partial charge >= 0.3 is 0 Å². The molecule has 2 heterocycles. The third kappa shape index (κ3) is 2.28. The van der Waals surface area contributed by atoms with Gasteiger partial charge < -0.3 is 0 Å². The second kappa shape index (κ2) is 4.92. The number of benzene rings is 1. The Labute approximate surface area is 118 Å². The van der Waals surface area contributed by atoms with Crippen molar-refractivity contribution < 1.29 is 0 Å². The average molecular weight is 287 g/mol. The highest BCUT2D eigenvalue weighted by molar-refractivity contribution is 7.18. The first kappa shape index (κ1) is 12.0. The molecule has 1 aromatic carbocycles. The van der Waals surface area contributed by atoms with E-state index in [9.17, 15) is 5.26 Å². The fraction of sp³-hybridized carbons (Fsp3) is 0.0769. The number of thiazole rings is 1. The van der Waals surface area contributed by atoms with Crippen LogP contribution in [0, 0.1) is 11.3 Å². The van der Waals surface area contributed by atoms with Crippen LogP contribution in [-0.2, 0) is 0 Å². The molecular formula is C13H7ClN4S. The van der Waals surface area contributed by atoms with Crippen molar-refractivity contribution in [2.24, 2.45) is 0 Å². The van der Waals surface area contributed by atoms with E-state index in [-0.39, 0.29) is 0 Å². The molecule has 0 spiro atoms. The third-order valence-corrected chi connectivity index (χ3v) is 3.95. The van der Waals surface area contributed by atoms with E-state index in [1.165, 1.54) is 17.7 Å². The predicted molar refractivity (Wildman–Crippen MR) is 74.1 cm³/mol. The van der Waals surface area contributed by atoms with Crippen molar-refractivity contribution in [3.05, 3.63) is 52.5 Å². The van der Waals surface area contributed by atoms with Gasteiger partial charge in [0.2, 0.25) is 0 Å². The fourth-order valence-corrected chi connectivity index (χ4v) is 2.95. The lowest BCUT2D eigenvalue weighted by molar-refractivity contribution is 0.934. The lowest BCUT2D eigenvalue weighted by Gasteiger charge is -2.04. The van der Waals surface area contributed by atoms with Gasteiger partial charge in [0.05, 0.1) is 22.0 Å². The molecule has 1 unspecified atom stereocenters. The first-order valence-corrected chi connectivity index (χ1v) is 6.70. The Hall–Kier alpha value is -2.03. The monoisotopic (exact) mass is 286 g/mol. The van der Waals surface area contributed by atoms with Crippen LogP contribution >= 0.6 is 22.9 Å². The largest absolute Gasteiger partial charge is 0.239 e. The molecule has 0 amide bonds. The van der Waals surface area contributed by atoms with Crippen molar-refractivity contribution >= 4 is 33.2 Å². The maximum atomic E-state index is 9.36. The Morgan fingerprint density at radius 1 is 1.26 bits per heavy atom. The standard InChI is InChI=1S/C13H7ClN4S/c14-12-5-10(16-7-17-12)8(6-15)13-18-9-3-1-2-4-11(9)19-13/h1-5,7-8H. The van der Waals surface area contributed by atoms with Gasteiger partial charge in [-0.05, 0) is 18.2 Å². The van der Waals surface area contributed by atoms with Gasteiger partial charge in [-0.2, -0.15) is 5.26 Å². The lowest BCUT2D eigenvalue weighted by atomic mass is 10.1. The van der Waals surface area contributed by atoms with Gasteiger partial charge in [-0.25, -0.2) is 15.0 Å². The van der Waals surface area contributed by atoms with Gasteiger partial charge in [0.25, 0.3) is 0 Å². The minimum Gasteiger partial charge on any atom is -0.239 e. The molecule has 0 bridgehead atoms. The highest BCUT2D eigenvalue weighted by Gasteiger charge is 2.19. The minimum atomic E-state index is -0.516. The number of hydrogen-bond donors (Lipinski definition) is 0. The van der Waals surface area contributed by atoms with Crippen LogP contribution in [0.2, 0.25) is 5.15 Å². The molecule has 0 N–H and O–H groups in total. The quantitative estimate of drug-likeness (QED) is 0.677. The summed E-state index contributed by atoms with van der Waals surface area (Å²) in [6.45, 7) is 0. The van der Waals surface area contributed by atoms with Gasteiger partial charge in [-0.3, -0.25) is 0 Å². The van der Waals surface area contributed by atoms with E-state index in [1.807, 2.05) is 24.3 Å². The zero-order chi connectivity index (χ0) is 13.2. The van der Waals surface area contributed by atoms with Crippen molar-refractivity contribution in [1.29, 1.82) is 5.26 Å². The van der Waals surface area contributed by atoms with E-state index in [0.717, 1.165) is 15.2 Å². The van der Waals surface area contributed by atoms with Crippen molar-refractivity contribution in [2.75, 3.05) is 0 Å². The molecule has 2 aromatic heterocycles. The van der Waals surface area contributed by atoms with E-state index < -0.39 is 5.92 Å². The Kier molecular flexibility index (Phi) is 3.11. The molecule has 0 aliphatic carbocycles. The SMILES string of the molecule is N#CC(c1cc(Cl)ncn1)c1nc2ccccc2s1. The van der Waals surface area contributed by atoms with E-state index in [0.29, 0.717) is 10.8 Å². The number of hydrogen-bond acceptors (Lipinski definition) is 5. The van der Waals surface area contributed by atoms with E-state index >= 15 is 0 Å². The smallest absolute Gasteiger partial charge is 0.140 e. The number of nitrogens with zero attached hydrogens (tertiary/aromatic N) is 4. The van der Waals surface area contributed by atoms with Gasteiger partial charge in [0.15, 0.2) is 0 Å². The second-order valence-corrected chi connectivity index (χ2v) is 5.30. The Morgan fingerprint density at radius 2 is 2.11 bits per heavy atom. The van der Waals surface area contributed by atoms with E-state index in [4.69, 9.17) is 11.6 Å². The second-order valence-electron chi connectivity index (χ2n) is 3.85. The molecule has 6 heteroatoms. The van der Waals surface area contributed by atoms with Crippen molar-refractivity contribution in [3.8, 4) is 6.07 Å². The normalized spacial score (nSPS) is 12.2. The van der Waals surface area contributed by atoms with Crippen LogP contribution in [0.3, 0.4) is 0 Å². The molecule has 92 valence electrons. The summed E-state index contributed by atoms with van der Waals surface area (Å²) in [5.74, 6) is -0.516. The van der Waals surface area contributed by atoms with Crippen LogP contribution in [0.15, 0.2) is 36.7 Å². The predicted octanol–water partition coefficient (Wildman–Crippen LogP) is 3.40. The molecule has 0 fully saturated rings. The molecule has 0 aliphatic rings. The number of rotatable bonds is 2. The Morgan fingerprint density at radius 3 is 2.84 bits per heavy atom. The minimum absolute atomic E-state index is 0.325. The van der Waals surface area contributed by atoms with Gasteiger partial charge in [0, 0.05) is 0 Å². The first-order chi connectivity index (χ1) is 9.28. The molecule has 1 atom stereocenters. The van der Waals surface area contributed by atoms with Crippen LogP contribution in [0.25, 0.3) is 10.2 Å². The summed E-state index contributed by atoms with van der Waals surface area (Å²) in [5.41, 5.74) is 1.46. The number of nitriles is 1. The van der Waals surface area contributed by atoms with Crippen LogP contribution in [-0.4, -0.2) is 15.0 Å². The summed E-state index contributed by atoms with van der Waals surface area (Å²) < 4.78 is 1.05. The first-order valence-electron chi connectivity index (χ1n) is 5.50. The van der Waals surface area contributed by atoms with Gasteiger partial charge in [-0.1, -0.05) is 23.7 Å². The summed E-state index contributed by atoms with van der Waals surface area (Å²) in [7, 11) is 0. The summed E-state index contributed by atoms with van der Waals surface area (Å²) in [5, 5.41) is 10.4. The van der Waals surface area contributed by atoms with Crippen LogP contribution in [0.5, 0.6) is 0 Å². The topological polar surface area (TPSA) is 62.5 Å². The molecule has 0 saturated carbocycles. The number of aromatic nitrogens is 3. The van der Waals surface area contributed by atoms with Crippen molar-refractivity contribution in [3.63, 3.8) is 0 Å². The number of para-hydroxylation sites is 1. The average Bonchev–Trinajstić information content (AvgIpc) is 2.83. The fourth-order valence-electron chi connectivity index (χ4n) is 1.77. The molecule has 0 radical (unpaired) electrons. The van der Waals surface area contributed by atoms with E-state index in [2.05, 4.69) is 21.0 Å². The third-order valence-electron chi connectivity index (χ3n) is 2.64. The summed E-state index contributed by atoms with van der Waals surface area (Å²) in [6, 6.07) is 11.6. The van der Waals surface area contributed by atoms with Crippen molar-refractivity contribution in [2.45, 2.75) is 5.92 Å². The van der Waals surface area contributed by atoms with E-state index in [1.54, 1.807) is 6.07 Å². The van der Waals surface area contributed by atoms with Gasteiger partial charge in [0.1, 0.15) is 22.4 Å². The summed E-state index contributed by atoms with van der Waals surface area (Å²) in [4.78, 5) is 12.4. The molecule has 4 nitrogen and oxygen atoms in total. The molecule has 19 heavy (non-hydrogen) atoms.